The number of nitrogens with two attached hydrogens (primary N) is 1. The number of rotatable bonds is 4. The fourth-order valence-corrected chi connectivity index (χ4v) is 2.83. The molecule has 0 unspecified atom stereocenters. The van der Waals surface area contributed by atoms with Crippen LogP contribution in [0.5, 0.6) is 11.5 Å². The van der Waals surface area contributed by atoms with Gasteiger partial charge in [0, 0.05) is 0 Å². The molecule has 6 nitrogen and oxygen atoms in total. The second kappa shape index (κ2) is 5.89. The van der Waals surface area contributed by atoms with Crippen molar-refractivity contribution < 1.29 is 14.3 Å². The second-order valence-corrected chi connectivity index (χ2v) is 4.95. The SMILES string of the molecule is COc1cccc(-c2nc(C)c(C(=O)NN)s2)c1OC. The Morgan fingerprint density at radius 1 is 1.35 bits per heavy atom. The van der Waals surface area contributed by atoms with E-state index in [9.17, 15) is 4.79 Å². The first-order valence-electron chi connectivity index (χ1n) is 5.82. The second-order valence-electron chi connectivity index (χ2n) is 3.95. The van der Waals surface area contributed by atoms with Crippen molar-refractivity contribution in [2.45, 2.75) is 6.92 Å². The molecule has 106 valence electrons. The van der Waals surface area contributed by atoms with E-state index in [1.165, 1.54) is 11.3 Å². The van der Waals surface area contributed by atoms with E-state index in [2.05, 4.69) is 10.4 Å². The van der Waals surface area contributed by atoms with Crippen LogP contribution in [0.25, 0.3) is 10.6 Å². The highest BCUT2D eigenvalue weighted by molar-refractivity contribution is 7.17. The van der Waals surface area contributed by atoms with Crippen molar-refractivity contribution in [2.24, 2.45) is 5.84 Å². The number of nitrogens with one attached hydrogen (secondary N) is 1. The van der Waals surface area contributed by atoms with Gasteiger partial charge in [0.2, 0.25) is 0 Å². The monoisotopic (exact) mass is 293 g/mol. The molecule has 0 atom stereocenters. The molecule has 7 heteroatoms. The number of thiazole rings is 1. The van der Waals surface area contributed by atoms with Crippen LogP contribution in [-0.4, -0.2) is 25.1 Å². The zero-order valence-electron chi connectivity index (χ0n) is 11.4. The number of benzene rings is 1. The van der Waals surface area contributed by atoms with Gasteiger partial charge in [-0.3, -0.25) is 10.2 Å². The van der Waals surface area contributed by atoms with Crippen molar-refractivity contribution in [2.75, 3.05) is 14.2 Å². The molecule has 1 aromatic heterocycles. The summed E-state index contributed by atoms with van der Waals surface area (Å²) in [7, 11) is 3.14. The lowest BCUT2D eigenvalue weighted by atomic mass is 10.2. The summed E-state index contributed by atoms with van der Waals surface area (Å²) in [5.41, 5.74) is 3.51. The van der Waals surface area contributed by atoms with Crippen molar-refractivity contribution in [3.63, 3.8) is 0 Å². The smallest absolute Gasteiger partial charge is 0.277 e. The van der Waals surface area contributed by atoms with Crippen molar-refractivity contribution in [3.8, 4) is 22.1 Å². The lowest BCUT2D eigenvalue weighted by Crippen LogP contribution is -2.29. The van der Waals surface area contributed by atoms with Gasteiger partial charge < -0.3 is 9.47 Å². The van der Waals surface area contributed by atoms with Crippen LogP contribution in [0.4, 0.5) is 0 Å². The quantitative estimate of drug-likeness (QED) is 0.509. The zero-order valence-corrected chi connectivity index (χ0v) is 12.2. The molecule has 2 aromatic rings. The highest BCUT2D eigenvalue weighted by Crippen LogP contribution is 2.40. The number of hydrazine groups is 1. The van der Waals surface area contributed by atoms with Crippen LogP contribution in [0.15, 0.2) is 18.2 Å². The van der Waals surface area contributed by atoms with Crippen molar-refractivity contribution in [1.29, 1.82) is 0 Å². The highest BCUT2D eigenvalue weighted by atomic mass is 32.1. The van der Waals surface area contributed by atoms with Gasteiger partial charge in [0.05, 0.1) is 25.5 Å². The number of hydrogen-bond donors (Lipinski definition) is 2. The molecule has 0 fully saturated rings. The van der Waals surface area contributed by atoms with E-state index in [1.807, 2.05) is 12.1 Å². The summed E-state index contributed by atoms with van der Waals surface area (Å²) in [6.45, 7) is 1.76. The normalized spacial score (nSPS) is 10.2. The molecule has 0 saturated heterocycles. The van der Waals surface area contributed by atoms with E-state index in [4.69, 9.17) is 15.3 Å². The lowest BCUT2D eigenvalue weighted by molar-refractivity contribution is 0.0957. The first kappa shape index (κ1) is 14.3. The van der Waals surface area contributed by atoms with Gasteiger partial charge in [0.1, 0.15) is 9.88 Å². The number of ether oxygens (including phenoxy) is 2. The molecule has 0 saturated carbocycles. The summed E-state index contributed by atoms with van der Waals surface area (Å²) in [5.74, 6) is 6.00. The molecule has 1 amide bonds. The zero-order chi connectivity index (χ0) is 14.7. The molecule has 1 heterocycles. The molecule has 0 aliphatic carbocycles. The Morgan fingerprint density at radius 3 is 2.70 bits per heavy atom. The fraction of sp³-hybridized carbons (Fsp3) is 0.231. The highest BCUT2D eigenvalue weighted by Gasteiger charge is 2.19. The minimum absolute atomic E-state index is 0.354. The van der Waals surface area contributed by atoms with Crippen LogP contribution in [0.2, 0.25) is 0 Å². The van der Waals surface area contributed by atoms with E-state index >= 15 is 0 Å². The summed E-state index contributed by atoms with van der Waals surface area (Å²) in [5, 5.41) is 0.678. The fourth-order valence-electron chi connectivity index (χ4n) is 1.84. The Labute approximate surface area is 120 Å². The first-order valence-corrected chi connectivity index (χ1v) is 6.63. The first-order chi connectivity index (χ1) is 9.62. The van der Waals surface area contributed by atoms with Gasteiger partial charge in [0.15, 0.2) is 11.5 Å². The third-order valence-corrected chi connectivity index (χ3v) is 3.96. The van der Waals surface area contributed by atoms with Gasteiger partial charge in [-0.05, 0) is 19.1 Å². The number of aryl methyl sites for hydroxylation is 1. The van der Waals surface area contributed by atoms with Crippen molar-refractivity contribution in [3.05, 3.63) is 28.8 Å². The van der Waals surface area contributed by atoms with E-state index in [1.54, 1.807) is 27.2 Å². The van der Waals surface area contributed by atoms with Gasteiger partial charge in [-0.2, -0.15) is 0 Å². The van der Waals surface area contributed by atoms with Crippen molar-refractivity contribution >= 4 is 17.2 Å². The number of carbonyl (C=O) groups is 1. The van der Waals surface area contributed by atoms with Crippen LogP contribution in [0, 0.1) is 6.92 Å². The maximum atomic E-state index is 11.6. The molecule has 0 aliphatic heterocycles. The number of nitrogen functional groups attached to an aromatic ring is 1. The van der Waals surface area contributed by atoms with Crippen LogP contribution >= 0.6 is 11.3 Å². The number of carbonyl (C=O) groups excluding carboxylic acids is 1. The molecule has 1 aromatic carbocycles. The van der Waals surface area contributed by atoms with Crippen LogP contribution in [0.1, 0.15) is 15.4 Å². The third kappa shape index (κ3) is 2.45. The minimum atomic E-state index is -0.354. The third-order valence-electron chi connectivity index (χ3n) is 2.77. The standard InChI is InChI=1S/C13H15N3O3S/c1-7-11(12(17)16-14)20-13(15-7)8-5-4-6-9(18-2)10(8)19-3/h4-6H,14H2,1-3H3,(H,16,17). The number of methoxy groups -OCH3 is 2. The summed E-state index contributed by atoms with van der Waals surface area (Å²) in [6, 6.07) is 5.51. The van der Waals surface area contributed by atoms with Gasteiger partial charge in [-0.25, -0.2) is 10.8 Å². The molecule has 20 heavy (non-hydrogen) atoms. The van der Waals surface area contributed by atoms with E-state index in [0.29, 0.717) is 27.1 Å². The Kier molecular flexibility index (Phi) is 4.21. The van der Waals surface area contributed by atoms with E-state index in [-0.39, 0.29) is 5.91 Å². The van der Waals surface area contributed by atoms with E-state index in [0.717, 1.165) is 5.56 Å². The summed E-state index contributed by atoms with van der Waals surface area (Å²) in [4.78, 5) is 16.5. The summed E-state index contributed by atoms with van der Waals surface area (Å²) in [6.07, 6.45) is 0. The van der Waals surface area contributed by atoms with Crippen LogP contribution in [-0.2, 0) is 0 Å². The van der Waals surface area contributed by atoms with Gasteiger partial charge in [-0.1, -0.05) is 6.07 Å². The Bertz CT molecular complexity index is 640. The summed E-state index contributed by atoms with van der Waals surface area (Å²) < 4.78 is 10.6. The number of para-hydroxylation sites is 1. The van der Waals surface area contributed by atoms with Gasteiger partial charge in [-0.15, -0.1) is 11.3 Å². The van der Waals surface area contributed by atoms with Crippen LogP contribution in [0.3, 0.4) is 0 Å². The van der Waals surface area contributed by atoms with Crippen molar-refractivity contribution in [1.82, 2.24) is 10.4 Å². The molecule has 0 bridgehead atoms. The number of aromatic nitrogens is 1. The predicted octanol–water partition coefficient (Wildman–Crippen LogP) is 1.74. The molecular weight excluding hydrogens is 278 g/mol. The molecule has 0 radical (unpaired) electrons. The molecular formula is C13H15N3O3S. The topological polar surface area (TPSA) is 86.5 Å². The number of nitrogens with zero attached hydrogens (tertiary/aromatic N) is 1. The number of amides is 1. The Morgan fingerprint density at radius 2 is 2.10 bits per heavy atom. The van der Waals surface area contributed by atoms with E-state index < -0.39 is 0 Å². The molecule has 3 N–H and O–H groups in total. The largest absolute Gasteiger partial charge is 0.493 e. The van der Waals surface area contributed by atoms with Crippen LogP contribution < -0.4 is 20.7 Å². The average molecular weight is 293 g/mol. The van der Waals surface area contributed by atoms with Gasteiger partial charge >= 0.3 is 0 Å². The Balaban J connectivity index is 2.55. The Hall–Kier alpha value is -2.12. The maximum absolute atomic E-state index is 11.6. The minimum Gasteiger partial charge on any atom is -0.493 e. The molecule has 0 spiro atoms. The number of hydrogen-bond acceptors (Lipinski definition) is 6. The molecule has 0 aliphatic rings. The lowest BCUT2D eigenvalue weighted by Gasteiger charge is -2.10. The van der Waals surface area contributed by atoms with Gasteiger partial charge in [0.25, 0.3) is 5.91 Å². The summed E-state index contributed by atoms with van der Waals surface area (Å²) >= 11 is 1.26. The average Bonchev–Trinajstić information content (AvgIpc) is 2.87. The maximum Gasteiger partial charge on any atom is 0.277 e. The molecule has 2 rings (SSSR count). The predicted molar refractivity (Wildman–Crippen MR) is 77.0 cm³/mol.